The number of ether oxygens (including phenoxy) is 2. The van der Waals surface area contributed by atoms with Crippen molar-refractivity contribution in [2.75, 3.05) is 31.4 Å². The van der Waals surface area contributed by atoms with Crippen LogP contribution < -0.4 is 15.4 Å². The second kappa shape index (κ2) is 9.07. The summed E-state index contributed by atoms with van der Waals surface area (Å²) in [6, 6.07) is 7.75. The number of halogens is 1. The molecule has 0 fully saturated rings. The average molecular weight is 395 g/mol. The number of hydrogen-bond donors (Lipinski definition) is 2. The standard InChI is InChI=1S/C16H19BrN4O3/c1-23-12-5-3-11(4-6-12)9-19-16-15(20-10-13(17)21-16)18-8-7-14(22)24-2/h3-6,10H,7-9H2,1-2H3,(H,18,20)(H,19,21). The summed E-state index contributed by atoms with van der Waals surface area (Å²) in [5.74, 6) is 1.71. The molecule has 0 bridgehead atoms. The predicted octanol–water partition coefficient (Wildman–Crippen LogP) is 2.83. The number of esters is 1. The Labute approximate surface area is 148 Å². The summed E-state index contributed by atoms with van der Waals surface area (Å²) in [6.45, 7) is 1.00. The number of rotatable bonds is 8. The number of benzene rings is 1. The zero-order valence-electron chi connectivity index (χ0n) is 13.5. The molecular formula is C16H19BrN4O3. The van der Waals surface area contributed by atoms with Crippen LogP contribution in [0.5, 0.6) is 5.75 Å². The number of anilines is 2. The average Bonchev–Trinajstić information content (AvgIpc) is 2.61. The van der Waals surface area contributed by atoms with Gasteiger partial charge in [-0.15, -0.1) is 0 Å². The van der Waals surface area contributed by atoms with Gasteiger partial charge in [0.2, 0.25) is 0 Å². The van der Waals surface area contributed by atoms with Crippen LogP contribution in [-0.2, 0) is 16.1 Å². The van der Waals surface area contributed by atoms with Gasteiger partial charge in [-0.05, 0) is 33.6 Å². The minimum atomic E-state index is -0.277. The number of nitrogens with zero attached hydrogens (tertiary/aromatic N) is 2. The third-order valence-corrected chi connectivity index (χ3v) is 3.59. The van der Waals surface area contributed by atoms with Crippen molar-refractivity contribution in [1.82, 2.24) is 9.97 Å². The Morgan fingerprint density at radius 3 is 2.58 bits per heavy atom. The van der Waals surface area contributed by atoms with Crippen molar-refractivity contribution in [3.8, 4) is 5.75 Å². The molecule has 0 unspecified atom stereocenters. The second-order valence-electron chi connectivity index (χ2n) is 4.84. The Balaban J connectivity index is 1.99. The molecule has 0 atom stereocenters. The van der Waals surface area contributed by atoms with Gasteiger partial charge in [0.25, 0.3) is 0 Å². The number of nitrogens with one attached hydrogen (secondary N) is 2. The maximum Gasteiger partial charge on any atom is 0.307 e. The van der Waals surface area contributed by atoms with Crippen LogP contribution in [0, 0.1) is 0 Å². The molecule has 0 spiro atoms. The largest absolute Gasteiger partial charge is 0.497 e. The van der Waals surface area contributed by atoms with Crippen molar-refractivity contribution in [3.63, 3.8) is 0 Å². The maximum absolute atomic E-state index is 11.2. The molecule has 0 aliphatic rings. The number of methoxy groups -OCH3 is 2. The highest BCUT2D eigenvalue weighted by molar-refractivity contribution is 9.10. The number of carbonyl (C=O) groups is 1. The highest BCUT2D eigenvalue weighted by Crippen LogP contribution is 2.20. The van der Waals surface area contributed by atoms with Gasteiger partial charge in [-0.3, -0.25) is 4.79 Å². The fraction of sp³-hybridized carbons (Fsp3) is 0.312. The third-order valence-electron chi connectivity index (χ3n) is 3.21. The SMILES string of the molecule is COC(=O)CCNc1ncc(Br)nc1NCc1ccc(OC)cc1. The lowest BCUT2D eigenvalue weighted by atomic mass is 10.2. The lowest BCUT2D eigenvalue weighted by Crippen LogP contribution is -2.13. The van der Waals surface area contributed by atoms with E-state index in [1.807, 2.05) is 24.3 Å². The van der Waals surface area contributed by atoms with E-state index in [4.69, 9.17) is 4.74 Å². The van der Waals surface area contributed by atoms with E-state index in [0.717, 1.165) is 11.3 Å². The van der Waals surface area contributed by atoms with E-state index in [0.29, 0.717) is 29.3 Å². The van der Waals surface area contributed by atoms with Crippen LogP contribution in [0.15, 0.2) is 35.1 Å². The van der Waals surface area contributed by atoms with Gasteiger partial charge in [0.05, 0.1) is 26.8 Å². The highest BCUT2D eigenvalue weighted by Gasteiger charge is 2.08. The molecule has 0 radical (unpaired) electrons. The van der Waals surface area contributed by atoms with Crippen molar-refractivity contribution in [1.29, 1.82) is 0 Å². The smallest absolute Gasteiger partial charge is 0.307 e. The van der Waals surface area contributed by atoms with Crippen LogP contribution in [-0.4, -0.2) is 36.7 Å². The molecule has 0 aliphatic heterocycles. The van der Waals surface area contributed by atoms with Gasteiger partial charge in [0.1, 0.15) is 10.4 Å². The van der Waals surface area contributed by atoms with E-state index in [1.54, 1.807) is 13.3 Å². The zero-order chi connectivity index (χ0) is 17.4. The Kier molecular flexibility index (Phi) is 6.80. The quantitative estimate of drug-likeness (QED) is 0.665. The molecule has 24 heavy (non-hydrogen) atoms. The molecule has 1 heterocycles. The summed E-state index contributed by atoms with van der Waals surface area (Å²) in [6.07, 6.45) is 1.85. The van der Waals surface area contributed by atoms with Crippen LogP contribution >= 0.6 is 15.9 Å². The zero-order valence-corrected chi connectivity index (χ0v) is 15.1. The first-order chi connectivity index (χ1) is 11.6. The molecule has 2 rings (SSSR count). The summed E-state index contributed by atoms with van der Waals surface area (Å²) in [4.78, 5) is 19.8. The molecule has 0 saturated heterocycles. The van der Waals surface area contributed by atoms with E-state index in [1.165, 1.54) is 7.11 Å². The Hall–Kier alpha value is -2.35. The fourth-order valence-electron chi connectivity index (χ4n) is 1.93. The lowest BCUT2D eigenvalue weighted by Gasteiger charge is -2.12. The maximum atomic E-state index is 11.2. The van der Waals surface area contributed by atoms with E-state index in [9.17, 15) is 4.79 Å². The Morgan fingerprint density at radius 1 is 1.17 bits per heavy atom. The van der Waals surface area contributed by atoms with Gasteiger partial charge in [-0.25, -0.2) is 9.97 Å². The van der Waals surface area contributed by atoms with Gasteiger partial charge in [-0.2, -0.15) is 0 Å². The molecule has 7 nitrogen and oxygen atoms in total. The summed E-state index contributed by atoms with van der Waals surface area (Å²) >= 11 is 3.31. The summed E-state index contributed by atoms with van der Waals surface area (Å²) < 4.78 is 10.4. The monoisotopic (exact) mass is 394 g/mol. The summed E-state index contributed by atoms with van der Waals surface area (Å²) in [5, 5.41) is 6.32. The van der Waals surface area contributed by atoms with Crippen molar-refractivity contribution >= 4 is 33.5 Å². The topological polar surface area (TPSA) is 85.4 Å². The number of aromatic nitrogens is 2. The van der Waals surface area contributed by atoms with Gasteiger partial charge in [-0.1, -0.05) is 12.1 Å². The number of hydrogen-bond acceptors (Lipinski definition) is 7. The van der Waals surface area contributed by atoms with Gasteiger partial charge < -0.3 is 20.1 Å². The Morgan fingerprint density at radius 2 is 1.92 bits per heavy atom. The molecule has 0 saturated carbocycles. The Bertz CT molecular complexity index is 680. The molecule has 2 N–H and O–H groups in total. The molecule has 8 heteroatoms. The highest BCUT2D eigenvalue weighted by atomic mass is 79.9. The van der Waals surface area contributed by atoms with Crippen LogP contribution in [0.25, 0.3) is 0 Å². The van der Waals surface area contributed by atoms with Crippen molar-refractivity contribution < 1.29 is 14.3 Å². The van der Waals surface area contributed by atoms with E-state index in [-0.39, 0.29) is 12.4 Å². The first-order valence-corrected chi connectivity index (χ1v) is 8.11. The minimum absolute atomic E-state index is 0.256. The molecule has 0 amide bonds. The first-order valence-electron chi connectivity index (χ1n) is 7.32. The summed E-state index contributed by atoms with van der Waals surface area (Å²) in [5.41, 5.74) is 1.08. The second-order valence-corrected chi connectivity index (χ2v) is 5.66. The minimum Gasteiger partial charge on any atom is -0.497 e. The van der Waals surface area contributed by atoms with Crippen LogP contribution in [0.2, 0.25) is 0 Å². The van der Waals surface area contributed by atoms with E-state index >= 15 is 0 Å². The van der Waals surface area contributed by atoms with E-state index < -0.39 is 0 Å². The predicted molar refractivity (Wildman–Crippen MR) is 95.2 cm³/mol. The lowest BCUT2D eigenvalue weighted by molar-refractivity contribution is -0.140. The van der Waals surface area contributed by atoms with Gasteiger partial charge in [0, 0.05) is 13.1 Å². The van der Waals surface area contributed by atoms with Crippen LogP contribution in [0.4, 0.5) is 11.6 Å². The van der Waals surface area contributed by atoms with Crippen molar-refractivity contribution in [2.24, 2.45) is 0 Å². The van der Waals surface area contributed by atoms with Crippen molar-refractivity contribution in [2.45, 2.75) is 13.0 Å². The normalized spacial score (nSPS) is 10.1. The summed E-state index contributed by atoms with van der Waals surface area (Å²) in [7, 11) is 3.00. The molecule has 0 aliphatic carbocycles. The fourth-order valence-corrected chi connectivity index (χ4v) is 2.21. The molecule has 1 aromatic carbocycles. The van der Waals surface area contributed by atoms with Crippen LogP contribution in [0.1, 0.15) is 12.0 Å². The van der Waals surface area contributed by atoms with Gasteiger partial charge in [0.15, 0.2) is 11.6 Å². The number of carbonyl (C=O) groups excluding carboxylic acids is 1. The van der Waals surface area contributed by atoms with Gasteiger partial charge >= 0.3 is 5.97 Å². The molecule has 128 valence electrons. The molecular weight excluding hydrogens is 376 g/mol. The van der Waals surface area contributed by atoms with Crippen LogP contribution in [0.3, 0.4) is 0 Å². The first kappa shape index (κ1) is 18.0. The third kappa shape index (κ3) is 5.38. The molecule has 2 aromatic rings. The van der Waals surface area contributed by atoms with Crippen molar-refractivity contribution in [3.05, 3.63) is 40.6 Å². The molecule has 1 aromatic heterocycles. The van der Waals surface area contributed by atoms with E-state index in [2.05, 4.69) is 41.3 Å².